The van der Waals surface area contributed by atoms with E-state index in [9.17, 15) is 15.3 Å². The van der Waals surface area contributed by atoms with Crippen LogP contribution in [-0.2, 0) is 6.42 Å². The lowest BCUT2D eigenvalue weighted by Crippen LogP contribution is -2.67. The van der Waals surface area contributed by atoms with Gasteiger partial charge in [0, 0.05) is 19.1 Å². The number of aliphatic hydroxyl groups excluding tert-OH is 2. The van der Waals surface area contributed by atoms with Crippen LogP contribution in [0.2, 0.25) is 0 Å². The number of fused-ring (bicyclic) bond motifs is 8. The molecule has 0 radical (unpaired) electrons. The van der Waals surface area contributed by atoms with E-state index in [1.54, 1.807) is 0 Å². The van der Waals surface area contributed by atoms with Crippen LogP contribution >= 0.6 is 0 Å². The Labute approximate surface area is 261 Å². The fraction of sp³-hybridized carbons (Fsp3) is 0.846. The van der Waals surface area contributed by atoms with Gasteiger partial charge in [0.1, 0.15) is 0 Å². The molecule has 15 unspecified atom stereocenters. The minimum Gasteiger partial charge on any atom is -0.393 e. The minimum absolute atomic E-state index is 0.0379. The van der Waals surface area contributed by atoms with Crippen molar-refractivity contribution in [3.63, 3.8) is 0 Å². The third kappa shape index (κ3) is 4.57. The second-order valence-corrected chi connectivity index (χ2v) is 17.9. The van der Waals surface area contributed by atoms with E-state index in [4.69, 9.17) is 0 Å². The highest BCUT2D eigenvalue weighted by Gasteiger charge is 2.67. The van der Waals surface area contributed by atoms with Crippen molar-refractivity contribution >= 4 is 0 Å². The largest absolute Gasteiger partial charge is 0.393 e. The molecule has 5 saturated carbocycles. The summed E-state index contributed by atoms with van der Waals surface area (Å²) in [6, 6.07) is 11.3. The van der Waals surface area contributed by atoms with E-state index >= 15 is 0 Å². The molecule has 0 bridgehead atoms. The van der Waals surface area contributed by atoms with Gasteiger partial charge in [0.15, 0.2) is 0 Å². The lowest BCUT2D eigenvalue weighted by Gasteiger charge is -2.60. The van der Waals surface area contributed by atoms with E-state index in [2.05, 4.69) is 56.0 Å². The molecule has 7 aliphatic rings. The highest BCUT2D eigenvalue weighted by Crippen LogP contribution is 2.70. The van der Waals surface area contributed by atoms with Gasteiger partial charge in [-0.2, -0.15) is 0 Å². The summed E-state index contributed by atoms with van der Waals surface area (Å²) in [5.41, 5.74) is 1.01. The SMILES string of the molecule is CC1CCC2N(C1)CC1C3CC4C(CC(O)C5CC(O)C6(CCC(CCc7ccccc7)C6)CC54C)C3CCC1C2(C)O. The number of benzene rings is 1. The van der Waals surface area contributed by atoms with Gasteiger partial charge in [-0.3, -0.25) is 4.90 Å². The number of hydrogen-bond acceptors (Lipinski definition) is 4. The Morgan fingerprint density at radius 2 is 1.63 bits per heavy atom. The van der Waals surface area contributed by atoms with Gasteiger partial charge in [0.2, 0.25) is 0 Å². The predicted octanol–water partition coefficient (Wildman–Crippen LogP) is 6.71. The topological polar surface area (TPSA) is 63.9 Å². The molecule has 43 heavy (non-hydrogen) atoms. The van der Waals surface area contributed by atoms with E-state index in [0.29, 0.717) is 47.5 Å². The van der Waals surface area contributed by atoms with Gasteiger partial charge in [-0.05, 0) is 160 Å². The molecule has 1 aromatic rings. The van der Waals surface area contributed by atoms with E-state index in [1.165, 1.54) is 63.5 Å². The zero-order chi connectivity index (χ0) is 29.7. The lowest BCUT2D eigenvalue weighted by atomic mass is 9.46. The Morgan fingerprint density at radius 1 is 0.814 bits per heavy atom. The molecular formula is C39H59NO3. The Bertz CT molecular complexity index is 1170. The lowest BCUT2D eigenvalue weighted by molar-refractivity contribution is -0.180. The number of nitrogens with zero attached hydrogens (tertiary/aromatic N) is 1. The second-order valence-electron chi connectivity index (χ2n) is 17.9. The Kier molecular flexibility index (Phi) is 7.22. The molecule has 238 valence electrons. The van der Waals surface area contributed by atoms with Gasteiger partial charge in [0.05, 0.1) is 17.8 Å². The molecule has 4 heteroatoms. The van der Waals surface area contributed by atoms with Crippen LogP contribution in [0.1, 0.15) is 103 Å². The summed E-state index contributed by atoms with van der Waals surface area (Å²) in [7, 11) is 0. The summed E-state index contributed by atoms with van der Waals surface area (Å²) in [6.07, 6.45) is 14.4. The molecule has 2 heterocycles. The summed E-state index contributed by atoms with van der Waals surface area (Å²) in [4.78, 5) is 2.71. The molecule has 3 N–H and O–H groups in total. The van der Waals surface area contributed by atoms with Crippen LogP contribution in [0.5, 0.6) is 0 Å². The molecule has 8 rings (SSSR count). The van der Waals surface area contributed by atoms with Gasteiger partial charge in [-0.1, -0.05) is 44.2 Å². The highest BCUT2D eigenvalue weighted by molar-refractivity contribution is 5.18. The first-order valence-electron chi connectivity index (χ1n) is 18.5. The number of rotatable bonds is 3. The molecule has 5 aliphatic carbocycles. The first-order chi connectivity index (χ1) is 20.6. The first kappa shape index (κ1) is 29.5. The molecule has 1 spiro atoms. The van der Waals surface area contributed by atoms with Crippen LogP contribution in [0.25, 0.3) is 0 Å². The van der Waals surface area contributed by atoms with Crippen molar-refractivity contribution in [2.45, 2.75) is 128 Å². The van der Waals surface area contributed by atoms with Crippen molar-refractivity contribution in [1.29, 1.82) is 0 Å². The van der Waals surface area contributed by atoms with Crippen LogP contribution in [0.4, 0.5) is 0 Å². The molecule has 2 saturated heterocycles. The summed E-state index contributed by atoms with van der Waals surface area (Å²) >= 11 is 0. The maximum Gasteiger partial charge on any atom is 0.0805 e. The molecule has 7 fully saturated rings. The summed E-state index contributed by atoms with van der Waals surface area (Å²) in [5.74, 6) is 5.36. The van der Waals surface area contributed by atoms with E-state index in [-0.39, 0.29) is 29.0 Å². The number of aryl methyl sites for hydroxylation is 1. The van der Waals surface area contributed by atoms with Crippen molar-refractivity contribution in [3.05, 3.63) is 35.9 Å². The molecule has 2 aliphatic heterocycles. The molecular weight excluding hydrogens is 530 g/mol. The number of piperidine rings is 2. The van der Waals surface area contributed by atoms with E-state index < -0.39 is 5.60 Å². The highest BCUT2D eigenvalue weighted by atomic mass is 16.3. The van der Waals surface area contributed by atoms with Crippen LogP contribution < -0.4 is 0 Å². The Hall–Kier alpha value is -0.940. The van der Waals surface area contributed by atoms with Crippen molar-refractivity contribution in [2.24, 2.45) is 64.1 Å². The van der Waals surface area contributed by atoms with Gasteiger partial charge >= 0.3 is 0 Å². The zero-order valence-corrected chi connectivity index (χ0v) is 27.2. The Balaban J connectivity index is 1.03. The second kappa shape index (κ2) is 10.5. The van der Waals surface area contributed by atoms with Crippen molar-refractivity contribution < 1.29 is 15.3 Å². The summed E-state index contributed by atoms with van der Waals surface area (Å²) < 4.78 is 0. The average molecular weight is 590 g/mol. The third-order valence-corrected chi connectivity index (χ3v) is 15.8. The fourth-order valence-electron chi connectivity index (χ4n) is 14.0. The maximum atomic E-state index is 12.1. The van der Waals surface area contributed by atoms with E-state index in [0.717, 1.165) is 44.6 Å². The van der Waals surface area contributed by atoms with Crippen LogP contribution in [-0.4, -0.2) is 57.2 Å². The van der Waals surface area contributed by atoms with Crippen LogP contribution in [0.3, 0.4) is 0 Å². The van der Waals surface area contributed by atoms with Gasteiger partial charge in [-0.15, -0.1) is 0 Å². The van der Waals surface area contributed by atoms with Crippen molar-refractivity contribution in [1.82, 2.24) is 4.90 Å². The third-order valence-electron chi connectivity index (χ3n) is 15.8. The van der Waals surface area contributed by atoms with Crippen LogP contribution in [0, 0.1) is 64.1 Å². The average Bonchev–Trinajstić information content (AvgIpc) is 3.56. The van der Waals surface area contributed by atoms with Crippen molar-refractivity contribution in [3.8, 4) is 0 Å². The number of aliphatic hydroxyl groups is 3. The van der Waals surface area contributed by atoms with Gasteiger partial charge in [-0.25, -0.2) is 0 Å². The van der Waals surface area contributed by atoms with Crippen molar-refractivity contribution in [2.75, 3.05) is 13.1 Å². The zero-order valence-electron chi connectivity index (χ0n) is 27.2. The molecule has 0 amide bonds. The molecule has 4 nitrogen and oxygen atoms in total. The minimum atomic E-state index is -0.578. The molecule has 1 aromatic carbocycles. The summed E-state index contributed by atoms with van der Waals surface area (Å²) in [5, 5.41) is 35.6. The Morgan fingerprint density at radius 3 is 2.44 bits per heavy atom. The van der Waals surface area contributed by atoms with Crippen LogP contribution in [0.15, 0.2) is 30.3 Å². The smallest absolute Gasteiger partial charge is 0.0805 e. The predicted molar refractivity (Wildman–Crippen MR) is 171 cm³/mol. The van der Waals surface area contributed by atoms with Gasteiger partial charge < -0.3 is 15.3 Å². The first-order valence-corrected chi connectivity index (χ1v) is 18.5. The number of hydrogen-bond donors (Lipinski definition) is 3. The standard InChI is InChI=1S/C39H59NO3/c1-24-9-14-35-38(3,43)31-13-12-27-28(30(31)22-40(35)21-24)17-32-29(27)18-34(41)33-19-36(42)39(23-37(32,33)2)16-15-26(20-39)11-10-25-7-5-4-6-8-25/h4-8,24,26-36,41-43H,9-23H2,1-3H3. The normalized spacial score (nSPS) is 54.4. The summed E-state index contributed by atoms with van der Waals surface area (Å²) in [6.45, 7) is 9.50. The fourth-order valence-corrected chi connectivity index (χ4v) is 14.0. The quantitative estimate of drug-likeness (QED) is 0.367. The van der Waals surface area contributed by atoms with Gasteiger partial charge in [0.25, 0.3) is 0 Å². The molecule has 0 aromatic heterocycles. The monoisotopic (exact) mass is 589 g/mol. The molecule has 15 atom stereocenters. The van der Waals surface area contributed by atoms with E-state index in [1.807, 2.05) is 0 Å². The maximum absolute atomic E-state index is 12.1.